The van der Waals surface area contributed by atoms with Crippen LogP contribution in [0.5, 0.6) is 5.75 Å². The Kier molecular flexibility index (Phi) is 3.99. The Labute approximate surface area is 135 Å². The first-order chi connectivity index (χ1) is 11.1. The number of nitrogens with one attached hydrogen (secondary N) is 1. The Morgan fingerprint density at radius 2 is 1.88 bits per heavy atom. The van der Waals surface area contributed by atoms with Crippen molar-refractivity contribution in [2.24, 2.45) is 0 Å². The summed E-state index contributed by atoms with van der Waals surface area (Å²) in [6.07, 6.45) is 1.99. The predicted molar refractivity (Wildman–Crippen MR) is 75.9 cm³/mol. The molecule has 3 rings (SSSR count). The monoisotopic (exact) mass is 367 g/mol. The Morgan fingerprint density at radius 1 is 1.21 bits per heavy atom. The lowest BCUT2D eigenvalue weighted by Crippen LogP contribution is -2.46. The molecule has 24 heavy (non-hydrogen) atoms. The van der Waals surface area contributed by atoms with Gasteiger partial charge in [-0.2, -0.15) is 21.6 Å². The van der Waals surface area contributed by atoms with Gasteiger partial charge in [0, 0.05) is 25.0 Å². The highest BCUT2D eigenvalue weighted by molar-refractivity contribution is 7.87. The van der Waals surface area contributed by atoms with E-state index in [1.54, 1.807) is 0 Å². The maximum atomic E-state index is 13.5. The number of ether oxygens (including phenoxy) is 1. The van der Waals surface area contributed by atoms with Crippen molar-refractivity contribution < 1.29 is 34.9 Å². The first kappa shape index (κ1) is 17.0. The van der Waals surface area contributed by atoms with Crippen LogP contribution < -0.4 is 10.1 Å². The van der Waals surface area contributed by atoms with E-state index in [9.17, 15) is 26.0 Å². The maximum absolute atomic E-state index is 13.5. The molecule has 0 saturated carbocycles. The highest BCUT2D eigenvalue weighted by Gasteiger charge is 2.50. The van der Waals surface area contributed by atoms with Crippen LogP contribution in [0.3, 0.4) is 0 Å². The van der Waals surface area contributed by atoms with Crippen LogP contribution in [0.2, 0.25) is 0 Å². The normalized spacial score (nSPS) is 20.1. The van der Waals surface area contributed by atoms with Gasteiger partial charge in [0.15, 0.2) is 5.76 Å². The largest absolute Gasteiger partial charge is 0.534 e. The molecule has 10 heteroatoms. The molecule has 0 aromatic heterocycles. The number of fused-ring (bicyclic) bond motifs is 1. The van der Waals surface area contributed by atoms with Gasteiger partial charge < -0.3 is 14.2 Å². The van der Waals surface area contributed by atoms with Crippen LogP contribution in [-0.2, 0) is 14.3 Å². The van der Waals surface area contributed by atoms with Crippen LogP contribution >= 0.6 is 0 Å². The highest BCUT2D eigenvalue weighted by atomic mass is 32.2. The minimum Gasteiger partial charge on any atom is -0.482 e. The molecule has 2 aliphatic heterocycles. The van der Waals surface area contributed by atoms with E-state index in [-0.39, 0.29) is 11.3 Å². The van der Waals surface area contributed by atoms with E-state index in [2.05, 4.69) is 9.50 Å². The third-order valence-corrected chi connectivity index (χ3v) is 4.82. The lowest BCUT2D eigenvalue weighted by Gasteiger charge is -2.39. The summed E-state index contributed by atoms with van der Waals surface area (Å²) in [5.74, 6) is -1.21. The van der Waals surface area contributed by atoms with E-state index in [0.29, 0.717) is 25.9 Å². The topological polar surface area (TPSA) is 64.6 Å². The molecule has 0 amide bonds. The average molecular weight is 367 g/mol. The van der Waals surface area contributed by atoms with Gasteiger partial charge in [0.25, 0.3) is 0 Å². The molecular formula is C14H13F4NO4S. The molecule has 0 unspecified atom stereocenters. The zero-order valence-electron chi connectivity index (χ0n) is 12.2. The van der Waals surface area contributed by atoms with E-state index in [4.69, 9.17) is 4.74 Å². The van der Waals surface area contributed by atoms with Crippen LogP contribution in [0.1, 0.15) is 18.4 Å². The molecule has 0 aliphatic carbocycles. The van der Waals surface area contributed by atoms with Gasteiger partial charge in [0.2, 0.25) is 0 Å². The Hall–Kier alpha value is -1.81. The van der Waals surface area contributed by atoms with E-state index in [0.717, 1.165) is 18.2 Å². The smallest absolute Gasteiger partial charge is 0.482 e. The Balaban J connectivity index is 2.06. The van der Waals surface area contributed by atoms with E-state index < -0.39 is 32.8 Å². The number of hydrogen-bond acceptors (Lipinski definition) is 5. The van der Waals surface area contributed by atoms with Crippen molar-refractivity contribution in [2.75, 3.05) is 13.1 Å². The zero-order chi connectivity index (χ0) is 17.6. The summed E-state index contributed by atoms with van der Waals surface area (Å²) < 4.78 is 84.1. The molecule has 0 bridgehead atoms. The van der Waals surface area contributed by atoms with Gasteiger partial charge in [-0.25, -0.2) is 4.39 Å². The molecule has 1 spiro atoms. The Bertz CT molecular complexity index is 782. The molecule has 1 fully saturated rings. The molecule has 0 atom stereocenters. The molecule has 1 N–H and O–H groups in total. The second-order valence-corrected chi connectivity index (χ2v) is 7.09. The molecule has 132 valence electrons. The van der Waals surface area contributed by atoms with Crippen molar-refractivity contribution in [1.29, 1.82) is 0 Å². The van der Waals surface area contributed by atoms with Crippen LogP contribution in [0.25, 0.3) is 5.76 Å². The molecule has 1 aromatic carbocycles. The molecule has 0 radical (unpaired) electrons. The predicted octanol–water partition coefficient (Wildman–Crippen LogP) is 2.55. The number of halogens is 4. The number of benzene rings is 1. The van der Waals surface area contributed by atoms with Crippen molar-refractivity contribution in [3.8, 4) is 5.75 Å². The third kappa shape index (κ3) is 3.07. The van der Waals surface area contributed by atoms with Gasteiger partial charge in [-0.1, -0.05) is 0 Å². The van der Waals surface area contributed by atoms with Crippen molar-refractivity contribution in [2.45, 2.75) is 24.0 Å². The van der Waals surface area contributed by atoms with Gasteiger partial charge in [0.1, 0.15) is 17.2 Å². The molecule has 2 aliphatic rings. The third-order valence-electron chi connectivity index (χ3n) is 3.85. The van der Waals surface area contributed by atoms with Crippen LogP contribution in [-0.4, -0.2) is 32.6 Å². The maximum Gasteiger partial charge on any atom is 0.534 e. The van der Waals surface area contributed by atoms with Gasteiger partial charge in [0.05, 0.1) is 5.56 Å². The van der Waals surface area contributed by atoms with Crippen LogP contribution in [0, 0.1) is 5.82 Å². The van der Waals surface area contributed by atoms with Gasteiger partial charge in [-0.05, 0) is 25.2 Å². The number of alkyl halides is 3. The summed E-state index contributed by atoms with van der Waals surface area (Å²) >= 11 is 0. The average Bonchev–Trinajstić information content (AvgIpc) is 2.45. The summed E-state index contributed by atoms with van der Waals surface area (Å²) in [7, 11) is -5.84. The van der Waals surface area contributed by atoms with Crippen molar-refractivity contribution in [3.63, 3.8) is 0 Å². The standard InChI is InChI=1S/C14H13F4NO4S/c15-9-1-2-10-11(7-9)22-13(3-5-19-6-4-13)8-12(10)23-24(20,21)14(16,17)18/h1-2,7-8,19H,3-6H2. The molecule has 2 heterocycles. The minimum atomic E-state index is -5.84. The first-order valence-corrected chi connectivity index (χ1v) is 8.46. The number of piperidine rings is 1. The van der Waals surface area contributed by atoms with Gasteiger partial charge >= 0.3 is 15.6 Å². The summed E-state index contributed by atoms with van der Waals surface area (Å²) in [5.41, 5.74) is -6.65. The zero-order valence-corrected chi connectivity index (χ0v) is 13.0. The summed E-state index contributed by atoms with van der Waals surface area (Å²) in [6.45, 7) is 1.03. The SMILES string of the molecule is O=S(=O)(OC1=CC2(CCNCC2)Oc2cc(F)ccc21)C(F)(F)F. The van der Waals surface area contributed by atoms with E-state index >= 15 is 0 Å². The fraction of sp³-hybridized carbons (Fsp3) is 0.429. The molecule has 1 aromatic rings. The lowest BCUT2D eigenvalue weighted by atomic mass is 9.88. The number of rotatable bonds is 2. The second kappa shape index (κ2) is 5.62. The van der Waals surface area contributed by atoms with Crippen molar-refractivity contribution in [1.82, 2.24) is 5.32 Å². The van der Waals surface area contributed by atoms with Gasteiger partial charge in [-0.3, -0.25) is 0 Å². The van der Waals surface area contributed by atoms with Crippen LogP contribution in [0.4, 0.5) is 17.6 Å². The van der Waals surface area contributed by atoms with Gasteiger partial charge in [-0.15, -0.1) is 0 Å². The van der Waals surface area contributed by atoms with Crippen molar-refractivity contribution >= 4 is 15.9 Å². The molecular weight excluding hydrogens is 354 g/mol. The summed E-state index contributed by atoms with van der Waals surface area (Å²) in [6, 6.07) is 3.10. The summed E-state index contributed by atoms with van der Waals surface area (Å²) in [5, 5.41) is 3.06. The fourth-order valence-corrected chi connectivity index (χ4v) is 3.15. The lowest BCUT2D eigenvalue weighted by molar-refractivity contribution is -0.0511. The highest BCUT2D eigenvalue weighted by Crippen LogP contribution is 2.42. The van der Waals surface area contributed by atoms with E-state index in [1.165, 1.54) is 6.08 Å². The quantitative estimate of drug-likeness (QED) is 0.494. The van der Waals surface area contributed by atoms with Crippen LogP contribution in [0.15, 0.2) is 24.3 Å². The minimum absolute atomic E-state index is 0.0478. The fourth-order valence-electron chi connectivity index (χ4n) is 2.68. The Morgan fingerprint density at radius 3 is 2.50 bits per heavy atom. The first-order valence-electron chi connectivity index (χ1n) is 7.05. The molecule has 1 saturated heterocycles. The second-order valence-electron chi connectivity index (χ2n) is 5.55. The number of hydrogen-bond donors (Lipinski definition) is 1. The molecule has 5 nitrogen and oxygen atoms in total. The van der Waals surface area contributed by atoms with Crippen molar-refractivity contribution in [3.05, 3.63) is 35.7 Å². The summed E-state index contributed by atoms with van der Waals surface area (Å²) in [4.78, 5) is 0. The van der Waals surface area contributed by atoms with E-state index in [1.807, 2.05) is 0 Å².